The van der Waals surface area contributed by atoms with Crippen molar-refractivity contribution in [2.45, 2.75) is 13.2 Å². The zero-order valence-corrected chi connectivity index (χ0v) is 12.7. The Labute approximate surface area is 127 Å². The van der Waals surface area contributed by atoms with Gasteiger partial charge in [0.05, 0.1) is 18.9 Å². The summed E-state index contributed by atoms with van der Waals surface area (Å²) in [7, 11) is 4.09. The lowest BCUT2D eigenvalue weighted by molar-refractivity contribution is 0.0510. The first kappa shape index (κ1) is 17.2. The van der Waals surface area contributed by atoms with E-state index in [0.29, 0.717) is 6.61 Å². The second-order valence-electron chi connectivity index (χ2n) is 4.83. The number of aliphatic hydroxyl groups excluding tert-OH is 1. The minimum atomic E-state index is 0.0136. The number of hydrogen-bond acceptors (Lipinski definition) is 4. The summed E-state index contributed by atoms with van der Waals surface area (Å²) in [6, 6.07) is 8.20. The first-order valence-corrected chi connectivity index (χ1v) is 6.86. The summed E-state index contributed by atoms with van der Waals surface area (Å²) in [5.74, 6) is 0. The number of benzene rings is 1. The smallest absolute Gasteiger partial charge is 0.1000 e. The minimum Gasteiger partial charge on any atom is -0.392 e. The van der Waals surface area contributed by atoms with Gasteiger partial charge in [0.25, 0.3) is 0 Å². The molecular formula is C17H24N2O2. The van der Waals surface area contributed by atoms with E-state index >= 15 is 0 Å². The van der Waals surface area contributed by atoms with Crippen LogP contribution in [0.2, 0.25) is 0 Å². The predicted molar refractivity (Wildman–Crippen MR) is 86.3 cm³/mol. The largest absolute Gasteiger partial charge is 0.392 e. The van der Waals surface area contributed by atoms with E-state index in [1.807, 2.05) is 26.2 Å². The molecule has 0 aliphatic heterocycles. The summed E-state index contributed by atoms with van der Waals surface area (Å²) in [5, 5.41) is 8.68. The third kappa shape index (κ3) is 6.90. The van der Waals surface area contributed by atoms with E-state index < -0.39 is 0 Å². The average Bonchev–Trinajstić information content (AvgIpc) is 2.47. The molecule has 1 rings (SSSR count). The summed E-state index contributed by atoms with van der Waals surface area (Å²) >= 11 is 0. The van der Waals surface area contributed by atoms with Gasteiger partial charge in [-0.15, -0.1) is 0 Å². The van der Waals surface area contributed by atoms with Crippen molar-refractivity contribution in [3.63, 3.8) is 0 Å². The highest BCUT2D eigenvalue weighted by molar-refractivity contribution is 5.26. The first-order valence-electron chi connectivity index (χ1n) is 6.86. The summed E-state index contributed by atoms with van der Waals surface area (Å²) in [6.45, 7) is 5.07. The topological polar surface area (TPSA) is 44.7 Å². The Kier molecular flexibility index (Phi) is 8.12. The summed E-state index contributed by atoms with van der Waals surface area (Å²) in [4.78, 5) is 7.65. The molecule has 0 aromatic heterocycles. The zero-order valence-electron chi connectivity index (χ0n) is 12.7. The lowest BCUT2D eigenvalue weighted by atomic mass is 10.1. The number of rotatable bonds is 9. The zero-order chi connectivity index (χ0) is 15.5. The van der Waals surface area contributed by atoms with Crippen molar-refractivity contribution < 1.29 is 9.94 Å². The fourth-order valence-electron chi connectivity index (χ4n) is 1.77. The Balaban J connectivity index is 2.57. The van der Waals surface area contributed by atoms with Crippen LogP contribution < -0.4 is 5.48 Å². The van der Waals surface area contributed by atoms with Crippen molar-refractivity contribution in [3.8, 4) is 0 Å². The maximum atomic E-state index is 8.68. The van der Waals surface area contributed by atoms with Crippen LogP contribution in [0.1, 0.15) is 11.1 Å². The molecule has 0 atom stereocenters. The van der Waals surface area contributed by atoms with E-state index in [0.717, 1.165) is 17.8 Å². The number of allylic oxidation sites excluding steroid dienone is 3. The standard InChI is InChI=1S/C17H24N2O2/c1-4-17(11-7-8-12-20)18-21-14-16-10-6-5-9-15(16)13-19(2)3/h4-11,18,20H,1,12-14H2,2-3H3/b8-7-,17-11+. The van der Waals surface area contributed by atoms with Gasteiger partial charge in [-0.05, 0) is 37.4 Å². The van der Waals surface area contributed by atoms with Gasteiger partial charge in [0, 0.05) is 6.54 Å². The molecule has 0 fully saturated rings. The molecule has 0 heterocycles. The highest BCUT2D eigenvalue weighted by atomic mass is 16.6. The highest BCUT2D eigenvalue weighted by Gasteiger charge is 2.03. The van der Waals surface area contributed by atoms with Crippen LogP contribution in [0.3, 0.4) is 0 Å². The molecule has 0 radical (unpaired) electrons. The number of hydrogen-bond donors (Lipinski definition) is 2. The van der Waals surface area contributed by atoms with E-state index in [2.05, 4.69) is 29.1 Å². The highest BCUT2D eigenvalue weighted by Crippen LogP contribution is 2.11. The Morgan fingerprint density at radius 3 is 2.67 bits per heavy atom. The molecule has 0 bridgehead atoms. The van der Waals surface area contributed by atoms with Gasteiger partial charge >= 0.3 is 0 Å². The molecular weight excluding hydrogens is 264 g/mol. The van der Waals surface area contributed by atoms with Gasteiger partial charge in [0.2, 0.25) is 0 Å². The lowest BCUT2D eigenvalue weighted by Crippen LogP contribution is -2.15. The lowest BCUT2D eigenvalue weighted by Gasteiger charge is -2.14. The average molecular weight is 288 g/mol. The second-order valence-corrected chi connectivity index (χ2v) is 4.83. The van der Waals surface area contributed by atoms with Gasteiger partial charge in [0.1, 0.15) is 0 Å². The van der Waals surface area contributed by atoms with Gasteiger partial charge in [-0.1, -0.05) is 43.0 Å². The Bertz CT molecular complexity index is 493. The van der Waals surface area contributed by atoms with Crippen LogP contribution in [0.15, 0.2) is 60.8 Å². The Morgan fingerprint density at radius 1 is 1.33 bits per heavy atom. The molecule has 114 valence electrons. The molecule has 4 nitrogen and oxygen atoms in total. The van der Waals surface area contributed by atoms with E-state index in [9.17, 15) is 0 Å². The molecule has 21 heavy (non-hydrogen) atoms. The van der Waals surface area contributed by atoms with Gasteiger partial charge < -0.3 is 10.0 Å². The number of aliphatic hydroxyl groups is 1. The van der Waals surface area contributed by atoms with Crippen molar-refractivity contribution in [3.05, 3.63) is 72.0 Å². The second kappa shape index (κ2) is 9.94. The fourth-order valence-corrected chi connectivity index (χ4v) is 1.77. The molecule has 0 saturated carbocycles. The molecule has 0 unspecified atom stereocenters. The third-order valence-corrected chi connectivity index (χ3v) is 2.76. The van der Waals surface area contributed by atoms with Crippen LogP contribution in [0, 0.1) is 0 Å². The third-order valence-electron chi connectivity index (χ3n) is 2.76. The maximum Gasteiger partial charge on any atom is 0.1000 e. The molecule has 1 aromatic rings. The normalized spacial score (nSPS) is 12.1. The van der Waals surface area contributed by atoms with E-state index in [1.165, 1.54) is 5.56 Å². The number of hydroxylamine groups is 1. The summed E-state index contributed by atoms with van der Waals surface area (Å²) in [5.41, 5.74) is 5.98. The monoisotopic (exact) mass is 288 g/mol. The van der Waals surface area contributed by atoms with Crippen molar-refractivity contribution >= 4 is 0 Å². The van der Waals surface area contributed by atoms with Gasteiger partial charge in [0.15, 0.2) is 0 Å². The predicted octanol–water partition coefficient (Wildman–Crippen LogP) is 2.39. The van der Waals surface area contributed by atoms with Crippen LogP contribution in [-0.4, -0.2) is 30.7 Å². The molecule has 2 N–H and O–H groups in total. The Hall–Kier alpha value is -1.88. The molecule has 0 spiro atoms. The quantitative estimate of drug-likeness (QED) is 0.541. The van der Waals surface area contributed by atoms with Gasteiger partial charge in [-0.25, -0.2) is 0 Å². The Morgan fingerprint density at radius 2 is 2.05 bits per heavy atom. The van der Waals surface area contributed by atoms with Crippen LogP contribution in [-0.2, 0) is 18.0 Å². The first-order chi connectivity index (χ1) is 10.2. The van der Waals surface area contributed by atoms with Crippen LogP contribution in [0.5, 0.6) is 0 Å². The number of nitrogens with one attached hydrogen (secondary N) is 1. The van der Waals surface area contributed by atoms with Crippen molar-refractivity contribution in [1.82, 2.24) is 10.4 Å². The molecule has 1 aromatic carbocycles. The van der Waals surface area contributed by atoms with E-state index in [1.54, 1.807) is 24.3 Å². The summed E-state index contributed by atoms with van der Waals surface area (Å²) < 4.78 is 0. The van der Waals surface area contributed by atoms with Crippen LogP contribution in [0.4, 0.5) is 0 Å². The molecule has 0 amide bonds. The van der Waals surface area contributed by atoms with Gasteiger partial charge in [-0.3, -0.25) is 10.3 Å². The van der Waals surface area contributed by atoms with E-state index in [4.69, 9.17) is 9.94 Å². The summed E-state index contributed by atoms with van der Waals surface area (Å²) in [6.07, 6.45) is 6.83. The van der Waals surface area contributed by atoms with Crippen molar-refractivity contribution in [2.24, 2.45) is 0 Å². The van der Waals surface area contributed by atoms with Crippen LogP contribution >= 0.6 is 0 Å². The minimum absolute atomic E-state index is 0.0136. The molecule has 0 aliphatic rings. The number of nitrogens with zero attached hydrogens (tertiary/aromatic N) is 1. The molecule has 0 aliphatic carbocycles. The van der Waals surface area contributed by atoms with Crippen molar-refractivity contribution in [2.75, 3.05) is 20.7 Å². The molecule has 0 saturated heterocycles. The maximum absolute atomic E-state index is 8.68. The van der Waals surface area contributed by atoms with Gasteiger partial charge in [-0.2, -0.15) is 0 Å². The molecule has 4 heteroatoms. The fraction of sp³-hybridized carbons (Fsp3) is 0.294. The SMILES string of the molecule is C=C/C(=C\C=C/CO)NOCc1ccccc1CN(C)C. The van der Waals surface area contributed by atoms with Crippen LogP contribution in [0.25, 0.3) is 0 Å². The van der Waals surface area contributed by atoms with Crippen molar-refractivity contribution in [1.29, 1.82) is 0 Å². The van der Waals surface area contributed by atoms with E-state index in [-0.39, 0.29) is 6.61 Å².